The number of rotatable bonds is 1. The fourth-order valence-corrected chi connectivity index (χ4v) is 2.60. The van der Waals surface area contributed by atoms with E-state index in [0.717, 1.165) is 0 Å². The molecule has 1 aromatic heterocycles. The smallest absolute Gasteiger partial charge is 0.182 e. The van der Waals surface area contributed by atoms with Crippen LogP contribution in [0.15, 0.2) is 36.4 Å². The highest BCUT2D eigenvalue weighted by Gasteiger charge is 2.12. The zero-order valence-electron chi connectivity index (χ0n) is 9.45. The summed E-state index contributed by atoms with van der Waals surface area (Å²) in [6, 6.07) is 9.75. The van der Waals surface area contributed by atoms with Crippen LogP contribution in [0, 0.1) is 10.6 Å². The van der Waals surface area contributed by atoms with Crippen molar-refractivity contribution in [3.05, 3.63) is 57.0 Å². The van der Waals surface area contributed by atoms with Gasteiger partial charge in [-0.1, -0.05) is 35.3 Å². The van der Waals surface area contributed by atoms with Gasteiger partial charge in [-0.05, 0) is 36.5 Å². The normalized spacial score (nSPS) is 11.1. The van der Waals surface area contributed by atoms with E-state index in [1.165, 1.54) is 6.07 Å². The molecule has 96 valence electrons. The number of hydrogen-bond donors (Lipinski definition) is 1. The Balaban J connectivity index is 2.42. The minimum atomic E-state index is -0.356. The van der Waals surface area contributed by atoms with E-state index in [1.54, 1.807) is 34.9 Å². The standard InChI is InChI=1S/C13H7Cl2FN2S/c14-7-5-10-12(6-8(7)15)18(13(19)17-10)11-4-2-1-3-9(11)16/h1-6H,(H,17,19). The molecule has 3 aromatic rings. The highest BCUT2D eigenvalue weighted by Crippen LogP contribution is 2.29. The van der Waals surface area contributed by atoms with E-state index >= 15 is 0 Å². The number of nitrogens with zero attached hydrogens (tertiary/aromatic N) is 1. The number of H-pyrrole nitrogens is 1. The van der Waals surface area contributed by atoms with Gasteiger partial charge in [-0.3, -0.25) is 4.57 Å². The summed E-state index contributed by atoms with van der Waals surface area (Å²) in [6.07, 6.45) is 0. The van der Waals surface area contributed by atoms with Crippen LogP contribution in [0.1, 0.15) is 0 Å². The Morgan fingerprint density at radius 3 is 2.53 bits per heavy atom. The van der Waals surface area contributed by atoms with Crippen molar-refractivity contribution in [3.63, 3.8) is 0 Å². The first-order chi connectivity index (χ1) is 9.08. The third-order valence-electron chi connectivity index (χ3n) is 2.82. The van der Waals surface area contributed by atoms with E-state index in [9.17, 15) is 4.39 Å². The van der Waals surface area contributed by atoms with E-state index in [4.69, 9.17) is 35.4 Å². The Morgan fingerprint density at radius 1 is 1.11 bits per heavy atom. The minimum Gasteiger partial charge on any atom is -0.330 e. The number of aromatic nitrogens is 2. The van der Waals surface area contributed by atoms with Gasteiger partial charge < -0.3 is 4.98 Å². The number of benzene rings is 2. The Bertz CT molecular complexity index is 838. The topological polar surface area (TPSA) is 20.7 Å². The molecule has 0 bridgehead atoms. The molecule has 19 heavy (non-hydrogen) atoms. The summed E-state index contributed by atoms with van der Waals surface area (Å²) in [5.41, 5.74) is 1.77. The van der Waals surface area contributed by atoms with E-state index < -0.39 is 0 Å². The van der Waals surface area contributed by atoms with Crippen LogP contribution in [-0.4, -0.2) is 9.55 Å². The number of para-hydroxylation sites is 1. The lowest BCUT2D eigenvalue weighted by atomic mass is 10.2. The fraction of sp³-hybridized carbons (Fsp3) is 0. The lowest BCUT2D eigenvalue weighted by Crippen LogP contribution is -1.97. The van der Waals surface area contributed by atoms with E-state index in [-0.39, 0.29) is 5.82 Å². The quantitative estimate of drug-likeness (QED) is 0.617. The van der Waals surface area contributed by atoms with E-state index in [1.807, 2.05) is 0 Å². The van der Waals surface area contributed by atoms with Gasteiger partial charge in [0.2, 0.25) is 0 Å². The molecule has 3 rings (SSSR count). The fourth-order valence-electron chi connectivity index (χ4n) is 1.97. The van der Waals surface area contributed by atoms with Crippen LogP contribution in [0.25, 0.3) is 16.7 Å². The number of hydrogen-bond acceptors (Lipinski definition) is 1. The summed E-state index contributed by atoms with van der Waals surface area (Å²) in [4.78, 5) is 2.99. The summed E-state index contributed by atoms with van der Waals surface area (Å²) < 4.78 is 15.9. The van der Waals surface area contributed by atoms with Crippen LogP contribution in [0.3, 0.4) is 0 Å². The molecule has 0 saturated carbocycles. The molecule has 0 spiro atoms. The zero-order chi connectivity index (χ0) is 13.6. The molecule has 0 amide bonds. The summed E-state index contributed by atoms with van der Waals surface area (Å²) in [5, 5.41) is 0.819. The third kappa shape index (κ3) is 2.06. The second-order valence-electron chi connectivity index (χ2n) is 4.00. The molecule has 1 N–H and O–H groups in total. The predicted molar refractivity (Wildman–Crippen MR) is 78.4 cm³/mol. The predicted octanol–water partition coefficient (Wildman–Crippen LogP) is 5.13. The minimum absolute atomic E-state index is 0.356. The number of fused-ring (bicyclic) bond motifs is 1. The second-order valence-corrected chi connectivity index (χ2v) is 5.20. The molecule has 0 saturated heterocycles. The maximum atomic E-state index is 13.9. The Hall–Kier alpha value is -1.36. The molecule has 0 radical (unpaired) electrons. The second kappa shape index (κ2) is 4.63. The van der Waals surface area contributed by atoms with Crippen molar-refractivity contribution in [1.29, 1.82) is 0 Å². The van der Waals surface area contributed by atoms with Crippen LogP contribution >= 0.6 is 35.4 Å². The highest BCUT2D eigenvalue weighted by atomic mass is 35.5. The Labute approximate surface area is 123 Å². The van der Waals surface area contributed by atoms with Gasteiger partial charge in [-0.25, -0.2) is 4.39 Å². The molecule has 0 aliphatic rings. The average molecular weight is 313 g/mol. The molecule has 6 heteroatoms. The average Bonchev–Trinajstić information content (AvgIpc) is 2.66. The lowest BCUT2D eigenvalue weighted by Gasteiger charge is -2.06. The van der Waals surface area contributed by atoms with Crippen LogP contribution in [0.5, 0.6) is 0 Å². The third-order valence-corrected chi connectivity index (χ3v) is 3.82. The first-order valence-corrected chi connectivity index (χ1v) is 6.59. The number of halogens is 3. The van der Waals surface area contributed by atoms with Gasteiger partial charge in [0.15, 0.2) is 4.77 Å². The molecular formula is C13H7Cl2FN2S. The molecule has 0 aliphatic carbocycles. The van der Waals surface area contributed by atoms with Gasteiger partial charge >= 0.3 is 0 Å². The summed E-state index contributed by atoms with van der Waals surface area (Å²) >= 11 is 17.2. The van der Waals surface area contributed by atoms with Crippen molar-refractivity contribution in [2.45, 2.75) is 0 Å². The van der Waals surface area contributed by atoms with Crippen molar-refractivity contribution in [2.24, 2.45) is 0 Å². The van der Waals surface area contributed by atoms with E-state index in [2.05, 4.69) is 4.98 Å². The van der Waals surface area contributed by atoms with Crippen molar-refractivity contribution in [3.8, 4) is 5.69 Å². The number of imidazole rings is 1. The van der Waals surface area contributed by atoms with Gasteiger partial charge in [0.1, 0.15) is 5.82 Å². The molecule has 2 nitrogen and oxygen atoms in total. The first-order valence-electron chi connectivity index (χ1n) is 5.42. The summed E-state index contributed by atoms with van der Waals surface area (Å²) in [5.74, 6) is -0.356. The monoisotopic (exact) mass is 312 g/mol. The van der Waals surface area contributed by atoms with Crippen LogP contribution < -0.4 is 0 Å². The maximum Gasteiger partial charge on any atom is 0.182 e. The van der Waals surface area contributed by atoms with Gasteiger partial charge in [0, 0.05) is 0 Å². The molecule has 0 aliphatic heterocycles. The molecule has 0 atom stereocenters. The SMILES string of the molecule is Fc1ccccc1-n1c(=S)[nH]c2cc(Cl)c(Cl)cc21. The first kappa shape index (κ1) is 12.7. The lowest BCUT2D eigenvalue weighted by molar-refractivity contribution is 0.619. The van der Waals surface area contributed by atoms with Gasteiger partial charge in [-0.15, -0.1) is 0 Å². The van der Waals surface area contributed by atoms with Crippen molar-refractivity contribution in [1.82, 2.24) is 9.55 Å². The van der Waals surface area contributed by atoms with Crippen LogP contribution in [0.4, 0.5) is 4.39 Å². The van der Waals surface area contributed by atoms with Crippen LogP contribution in [0.2, 0.25) is 10.0 Å². The van der Waals surface area contributed by atoms with Gasteiger partial charge in [-0.2, -0.15) is 0 Å². The van der Waals surface area contributed by atoms with Crippen LogP contribution in [-0.2, 0) is 0 Å². The Morgan fingerprint density at radius 2 is 1.79 bits per heavy atom. The molecule has 0 unspecified atom stereocenters. The number of aromatic amines is 1. The van der Waals surface area contributed by atoms with Crippen molar-refractivity contribution in [2.75, 3.05) is 0 Å². The van der Waals surface area contributed by atoms with E-state index in [0.29, 0.717) is 31.5 Å². The molecule has 2 aromatic carbocycles. The molecular weight excluding hydrogens is 306 g/mol. The van der Waals surface area contributed by atoms with Crippen molar-refractivity contribution >= 4 is 46.5 Å². The summed E-state index contributed by atoms with van der Waals surface area (Å²) in [7, 11) is 0. The largest absolute Gasteiger partial charge is 0.330 e. The van der Waals surface area contributed by atoms with Gasteiger partial charge in [0.05, 0.1) is 26.8 Å². The summed E-state index contributed by atoms with van der Waals surface area (Å²) in [6.45, 7) is 0. The maximum absolute atomic E-state index is 13.9. The Kier molecular flexibility index (Phi) is 3.09. The zero-order valence-corrected chi connectivity index (χ0v) is 11.8. The molecule has 1 heterocycles. The number of nitrogens with one attached hydrogen (secondary N) is 1. The highest BCUT2D eigenvalue weighted by molar-refractivity contribution is 7.71. The van der Waals surface area contributed by atoms with Gasteiger partial charge in [0.25, 0.3) is 0 Å². The van der Waals surface area contributed by atoms with Crippen molar-refractivity contribution < 1.29 is 4.39 Å². The molecule has 0 fully saturated rings.